The van der Waals surface area contributed by atoms with Gasteiger partial charge in [0.05, 0.1) is 18.8 Å². The first kappa shape index (κ1) is 31.0. The van der Waals surface area contributed by atoms with E-state index in [1.54, 1.807) is 0 Å². The Bertz CT molecular complexity index is 939. The monoisotopic (exact) mass is 527 g/mol. The van der Waals surface area contributed by atoms with Crippen LogP contribution < -0.4 is 27.4 Å². The molecule has 206 valence electrons. The molecule has 0 aliphatic rings. The third-order valence-electron chi connectivity index (χ3n) is 5.19. The molecule has 37 heavy (non-hydrogen) atoms. The number of nitrogens with one attached hydrogen (secondary N) is 4. The summed E-state index contributed by atoms with van der Waals surface area (Å²) in [5.41, 5.74) is 11.6. The van der Waals surface area contributed by atoms with Crippen LogP contribution in [0.5, 0.6) is 0 Å². The number of imidazole rings is 1. The molecular weight excluding hydrogens is 494 g/mol. The van der Waals surface area contributed by atoms with Crippen LogP contribution in [0.15, 0.2) is 12.5 Å². The van der Waals surface area contributed by atoms with Gasteiger partial charge in [-0.1, -0.05) is 6.42 Å². The second kappa shape index (κ2) is 15.8. The zero-order chi connectivity index (χ0) is 28.0. The van der Waals surface area contributed by atoms with Gasteiger partial charge in [-0.25, -0.2) is 9.78 Å². The van der Waals surface area contributed by atoms with Crippen molar-refractivity contribution in [2.24, 2.45) is 11.5 Å². The highest BCUT2D eigenvalue weighted by atomic mass is 16.4. The third-order valence-corrected chi connectivity index (χ3v) is 5.19. The number of unbranched alkanes of at least 4 members (excludes halogenated alkanes) is 1. The molecule has 0 bridgehead atoms. The van der Waals surface area contributed by atoms with Crippen LogP contribution in [-0.4, -0.2) is 91.6 Å². The van der Waals surface area contributed by atoms with Crippen LogP contribution in [0, 0.1) is 0 Å². The van der Waals surface area contributed by atoms with Gasteiger partial charge in [0.2, 0.25) is 17.7 Å². The molecule has 1 aromatic rings. The lowest BCUT2D eigenvalue weighted by atomic mass is 10.1. The largest absolute Gasteiger partial charge is 0.481 e. The number of H-pyrrole nitrogens is 1. The molecule has 0 radical (unpaired) electrons. The molecule has 4 unspecified atom stereocenters. The lowest BCUT2D eigenvalue weighted by molar-refractivity contribution is -0.143. The number of hydrogen-bond acceptors (Lipinski definition) is 9. The van der Waals surface area contributed by atoms with E-state index in [0.717, 1.165) is 0 Å². The quantitative estimate of drug-likeness (QED) is 0.0881. The summed E-state index contributed by atoms with van der Waals surface area (Å²) in [6.45, 7) is 0.398. The van der Waals surface area contributed by atoms with Gasteiger partial charge in [-0.3, -0.25) is 24.0 Å². The molecule has 0 aliphatic carbocycles. The summed E-state index contributed by atoms with van der Waals surface area (Å²) < 4.78 is 0. The fraction of sp³-hybridized carbons (Fsp3) is 0.571. The molecule has 4 atom stereocenters. The van der Waals surface area contributed by atoms with Crippen molar-refractivity contribution in [1.29, 1.82) is 0 Å². The number of carboxylic acid groups (broad SMARTS) is 3. The van der Waals surface area contributed by atoms with Gasteiger partial charge in [0.25, 0.3) is 0 Å². The first-order valence-corrected chi connectivity index (χ1v) is 11.4. The Kier molecular flexibility index (Phi) is 13.3. The summed E-state index contributed by atoms with van der Waals surface area (Å²) >= 11 is 0. The Balaban J connectivity index is 2.97. The van der Waals surface area contributed by atoms with Gasteiger partial charge in [0.1, 0.15) is 18.1 Å². The zero-order valence-corrected chi connectivity index (χ0v) is 20.0. The summed E-state index contributed by atoms with van der Waals surface area (Å²) in [6.07, 6.45) is 2.06. The second-order valence-electron chi connectivity index (χ2n) is 8.22. The van der Waals surface area contributed by atoms with Gasteiger partial charge < -0.3 is 47.7 Å². The summed E-state index contributed by atoms with van der Waals surface area (Å²) in [4.78, 5) is 78.4. The van der Waals surface area contributed by atoms with E-state index >= 15 is 0 Å². The maximum Gasteiger partial charge on any atom is 0.326 e. The molecule has 0 saturated carbocycles. The lowest BCUT2D eigenvalue weighted by Gasteiger charge is -2.24. The first-order valence-electron chi connectivity index (χ1n) is 11.4. The van der Waals surface area contributed by atoms with Crippen LogP contribution in [0.2, 0.25) is 0 Å². The SMILES string of the molecule is NCCCCC(N)C(=O)NC(CCC(=O)O)C(=O)NC(CC(=O)O)C(=O)NC(Cc1cnc[nH]1)C(=O)O. The van der Waals surface area contributed by atoms with Crippen molar-refractivity contribution in [2.45, 2.75) is 69.1 Å². The molecule has 0 spiro atoms. The van der Waals surface area contributed by atoms with Gasteiger partial charge in [0.15, 0.2) is 0 Å². The smallest absolute Gasteiger partial charge is 0.326 e. The van der Waals surface area contributed by atoms with Gasteiger partial charge in [-0.2, -0.15) is 0 Å². The average molecular weight is 528 g/mol. The number of aromatic nitrogens is 2. The summed E-state index contributed by atoms with van der Waals surface area (Å²) in [5.74, 6) is -7.04. The Morgan fingerprint density at radius 3 is 2.03 bits per heavy atom. The number of aliphatic carboxylic acids is 3. The first-order chi connectivity index (χ1) is 17.4. The summed E-state index contributed by atoms with van der Waals surface area (Å²) in [5, 5.41) is 34.3. The number of hydrogen-bond donors (Lipinski definition) is 9. The van der Waals surface area contributed by atoms with Gasteiger partial charge in [-0.15, -0.1) is 0 Å². The normalized spacial score (nSPS) is 14.0. The number of nitrogens with two attached hydrogens (primary N) is 2. The average Bonchev–Trinajstić information content (AvgIpc) is 3.33. The number of aromatic amines is 1. The van der Waals surface area contributed by atoms with Crippen LogP contribution in [0.25, 0.3) is 0 Å². The third kappa shape index (κ3) is 12.0. The molecular formula is C21H33N7O9. The number of carboxylic acids is 3. The molecule has 3 amide bonds. The lowest BCUT2D eigenvalue weighted by Crippen LogP contribution is -2.57. The van der Waals surface area contributed by atoms with Crippen LogP contribution >= 0.6 is 0 Å². The van der Waals surface area contributed by atoms with Gasteiger partial charge in [-0.05, 0) is 25.8 Å². The van der Waals surface area contributed by atoms with E-state index in [1.165, 1.54) is 12.5 Å². The number of carbonyl (C=O) groups is 6. The highest BCUT2D eigenvalue weighted by molar-refractivity contribution is 5.95. The number of carbonyl (C=O) groups excluding carboxylic acids is 3. The molecule has 0 aliphatic heterocycles. The molecule has 16 heteroatoms. The molecule has 1 heterocycles. The predicted molar refractivity (Wildman–Crippen MR) is 126 cm³/mol. The van der Waals surface area contributed by atoms with Crippen molar-refractivity contribution in [2.75, 3.05) is 6.54 Å². The Morgan fingerprint density at radius 1 is 0.865 bits per heavy atom. The van der Waals surface area contributed by atoms with Crippen molar-refractivity contribution >= 4 is 35.6 Å². The fourth-order valence-corrected chi connectivity index (χ4v) is 3.20. The van der Waals surface area contributed by atoms with E-state index in [4.69, 9.17) is 16.6 Å². The van der Waals surface area contributed by atoms with E-state index in [2.05, 4.69) is 25.9 Å². The molecule has 16 nitrogen and oxygen atoms in total. The molecule has 0 fully saturated rings. The molecule has 1 rings (SSSR count). The van der Waals surface area contributed by atoms with Gasteiger partial charge in [0, 0.05) is 24.7 Å². The maximum atomic E-state index is 12.9. The van der Waals surface area contributed by atoms with E-state index in [9.17, 15) is 39.0 Å². The fourth-order valence-electron chi connectivity index (χ4n) is 3.20. The van der Waals surface area contributed by atoms with Crippen molar-refractivity contribution in [1.82, 2.24) is 25.9 Å². The molecule has 0 saturated heterocycles. The zero-order valence-electron chi connectivity index (χ0n) is 20.0. The highest BCUT2D eigenvalue weighted by Gasteiger charge is 2.32. The highest BCUT2D eigenvalue weighted by Crippen LogP contribution is 2.05. The molecule has 1 aromatic heterocycles. The predicted octanol–water partition coefficient (Wildman–Crippen LogP) is -2.71. The van der Waals surface area contributed by atoms with E-state index in [-0.39, 0.29) is 19.3 Å². The van der Waals surface area contributed by atoms with Crippen LogP contribution in [0.3, 0.4) is 0 Å². The second-order valence-corrected chi connectivity index (χ2v) is 8.22. The Morgan fingerprint density at radius 2 is 1.49 bits per heavy atom. The van der Waals surface area contributed by atoms with Crippen molar-refractivity contribution < 1.29 is 44.1 Å². The van der Waals surface area contributed by atoms with Crippen molar-refractivity contribution in [3.8, 4) is 0 Å². The van der Waals surface area contributed by atoms with Crippen LogP contribution in [0.1, 0.15) is 44.2 Å². The minimum atomic E-state index is -1.73. The number of nitrogens with zero attached hydrogens (tertiary/aromatic N) is 1. The molecule has 11 N–H and O–H groups in total. The minimum absolute atomic E-state index is 0.200. The Hall–Kier alpha value is -4.05. The summed E-state index contributed by atoms with van der Waals surface area (Å²) in [6, 6.07) is -5.66. The van der Waals surface area contributed by atoms with Crippen LogP contribution in [0.4, 0.5) is 0 Å². The topological polar surface area (TPSA) is 280 Å². The van der Waals surface area contributed by atoms with E-state index in [1.807, 2.05) is 0 Å². The van der Waals surface area contributed by atoms with Crippen molar-refractivity contribution in [3.05, 3.63) is 18.2 Å². The van der Waals surface area contributed by atoms with E-state index < -0.39 is 72.6 Å². The van der Waals surface area contributed by atoms with Crippen LogP contribution in [-0.2, 0) is 35.2 Å². The summed E-state index contributed by atoms with van der Waals surface area (Å²) in [7, 11) is 0. The van der Waals surface area contributed by atoms with E-state index in [0.29, 0.717) is 25.1 Å². The molecule has 0 aromatic carbocycles. The standard InChI is InChI=1S/C21H33N7O9/c22-6-2-1-3-12(23)18(33)26-13(4-5-16(29)30)19(34)27-14(8-17(31)32)20(35)28-15(21(36)37)7-11-9-24-10-25-11/h9-10,12-15H,1-8,22-23H2,(H,24,25)(H,26,33)(H,27,34)(H,28,35)(H,29,30)(H,31,32)(H,36,37). The Labute approximate surface area is 211 Å². The maximum absolute atomic E-state index is 12.9. The van der Waals surface area contributed by atoms with Gasteiger partial charge >= 0.3 is 17.9 Å². The number of amides is 3. The number of rotatable bonds is 18. The van der Waals surface area contributed by atoms with Crippen molar-refractivity contribution in [3.63, 3.8) is 0 Å². The minimum Gasteiger partial charge on any atom is -0.481 e.